The Morgan fingerprint density at radius 1 is 1.32 bits per heavy atom. The van der Waals surface area contributed by atoms with Gasteiger partial charge in [0.25, 0.3) is 5.91 Å². The average Bonchev–Trinajstić information content (AvgIpc) is 3.01. The van der Waals surface area contributed by atoms with Gasteiger partial charge in [0.2, 0.25) is 0 Å². The third kappa shape index (κ3) is 4.75. The van der Waals surface area contributed by atoms with Crippen molar-refractivity contribution in [1.82, 2.24) is 10.2 Å². The highest BCUT2D eigenvalue weighted by Gasteiger charge is 2.19. The number of methoxy groups -OCH3 is 1. The van der Waals surface area contributed by atoms with Crippen molar-refractivity contribution >= 4 is 27.7 Å². The van der Waals surface area contributed by atoms with Crippen molar-refractivity contribution in [1.29, 1.82) is 0 Å². The van der Waals surface area contributed by atoms with E-state index in [0.717, 1.165) is 12.1 Å². The standard InChI is InChI=1S/C18H24BrN3O3/c1-6-7-25-16-12(19)8-11(9-13(16)24-5)17(23)20-15-10-14(21-22-15)18(2,3)4/h8-10H,6-7H2,1-5H3,(H2,20,21,22,23). The molecule has 136 valence electrons. The van der Waals surface area contributed by atoms with Crippen LogP contribution in [-0.4, -0.2) is 29.8 Å². The lowest BCUT2D eigenvalue weighted by atomic mass is 9.92. The van der Waals surface area contributed by atoms with Gasteiger partial charge in [0.15, 0.2) is 17.3 Å². The molecule has 1 heterocycles. The Bertz CT molecular complexity index is 751. The van der Waals surface area contributed by atoms with Gasteiger partial charge in [-0.25, -0.2) is 0 Å². The van der Waals surface area contributed by atoms with E-state index >= 15 is 0 Å². The van der Waals surface area contributed by atoms with Crippen LogP contribution in [0, 0.1) is 0 Å². The van der Waals surface area contributed by atoms with Crippen LogP contribution < -0.4 is 14.8 Å². The van der Waals surface area contributed by atoms with Crippen molar-refractivity contribution in [3.05, 3.63) is 33.9 Å². The summed E-state index contributed by atoms with van der Waals surface area (Å²) in [6.45, 7) is 8.82. The Morgan fingerprint density at radius 3 is 2.60 bits per heavy atom. The number of halogens is 1. The molecular weight excluding hydrogens is 386 g/mol. The summed E-state index contributed by atoms with van der Waals surface area (Å²) < 4.78 is 11.7. The molecule has 0 unspecified atom stereocenters. The normalized spacial score (nSPS) is 11.3. The van der Waals surface area contributed by atoms with Crippen molar-refractivity contribution in [2.75, 3.05) is 19.0 Å². The van der Waals surface area contributed by atoms with E-state index in [-0.39, 0.29) is 11.3 Å². The van der Waals surface area contributed by atoms with Crippen LogP contribution in [0.15, 0.2) is 22.7 Å². The Hall–Kier alpha value is -2.02. The summed E-state index contributed by atoms with van der Waals surface area (Å²) in [5.74, 6) is 1.31. The minimum absolute atomic E-state index is 0.0690. The molecule has 0 bridgehead atoms. The molecule has 0 aliphatic carbocycles. The summed E-state index contributed by atoms with van der Waals surface area (Å²) in [6.07, 6.45) is 0.882. The van der Waals surface area contributed by atoms with Gasteiger partial charge in [-0.3, -0.25) is 9.89 Å². The van der Waals surface area contributed by atoms with Gasteiger partial charge in [-0.15, -0.1) is 0 Å². The van der Waals surface area contributed by atoms with Gasteiger partial charge in [-0.2, -0.15) is 5.10 Å². The number of hydrogen-bond donors (Lipinski definition) is 2. The van der Waals surface area contributed by atoms with Crippen LogP contribution in [0.4, 0.5) is 5.82 Å². The maximum Gasteiger partial charge on any atom is 0.257 e. The van der Waals surface area contributed by atoms with Gasteiger partial charge in [-0.05, 0) is 34.5 Å². The molecule has 2 N–H and O–H groups in total. The number of anilines is 1. The molecule has 0 fully saturated rings. The summed E-state index contributed by atoms with van der Waals surface area (Å²) in [6, 6.07) is 5.20. The van der Waals surface area contributed by atoms with E-state index in [1.54, 1.807) is 19.2 Å². The van der Waals surface area contributed by atoms with E-state index in [1.165, 1.54) is 0 Å². The lowest BCUT2D eigenvalue weighted by Gasteiger charge is -2.14. The van der Waals surface area contributed by atoms with E-state index in [4.69, 9.17) is 9.47 Å². The van der Waals surface area contributed by atoms with E-state index in [1.807, 2.05) is 13.0 Å². The molecule has 1 aromatic heterocycles. The van der Waals surface area contributed by atoms with E-state index in [9.17, 15) is 4.79 Å². The average molecular weight is 410 g/mol. The predicted molar refractivity (Wildman–Crippen MR) is 102 cm³/mol. The van der Waals surface area contributed by atoms with Crippen molar-refractivity contribution in [3.8, 4) is 11.5 Å². The maximum atomic E-state index is 12.5. The van der Waals surface area contributed by atoms with Crippen LogP contribution in [-0.2, 0) is 5.41 Å². The third-order valence-electron chi connectivity index (χ3n) is 3.57. The van der Waals surface area contributed by atoms with E-state index in [0.29, 0.717) is 34.0 Å². The molecule has 0 atom stereocenters. The lowest BCUT2D eigenvalue weighted by Crippen LogP contribution is -2.13. The number of nitrogens with one attached hydrogen (secondary N) is 2. The first-order valence-corrected chi connectivity index (χ1v) is 8.93. The largest absolute Gasteiger partial charge is 0.493 e. The fourth-order valence-electron chi connectivity index (χ4n) is 2.15. The Morgan fingerprint density at radius 2 is 2.04 bits per heavy atom. The molecule has 1 amide bonds. The van der Waals surface area contributed by atoms with Crippen molar-refractivity contribution in [2.45, 2.75) is 39.5 Å². The zero-order chi connectivity index (χ0) is 18.6. The van der Waals surface area contributed by atoms with Crippen LogP contribution in [0.3, 0.4) is 0 Å². The molecule has 0 saturated carbocycles. The highest BCUT2D eigenvalue weighted by molar-refractivity contribution is 9.10. The lowest BCUT2D eigenvalue weighted by molar-refractivity contribution is 0.102. The van der Waals surface area contributed by atoms with E-state index in [2.05, 4.69) is 52.2 Å². The first kappa shape index (κ1) is 19.3. The second-order valence-electron chi connectivity index (χ2n) is 6.71. The molecule has 0 radical (unpaired) electrons. The van der Waals surface area contributed by atoms with Gasteiger partial charge >= 0.3 is 0 Å². The summed E-state index contributed by atoms with van der Waals surface area (Å²) in [5.41, 5.74) is 1.33. The first-order valence-electron chi connectivity index (χ1n) is 8.13. The third-order valence-corrected chi connectivity index (χ3v) is 4.16. The summed E-state index contributed by atoms with van der Waals surface area (Å²) in [5, 5.41) is 9.89. The number of H-pyrrole nitrogens is 1. The van der Waals surface area contributed by atoms with Gasteiger partial charge in [-0.1, -0.05) is 27.7 Å². The van der Waals surface area contributed by atoms with Crippen LogP contribution in [0.2, 0.25) is 0 Å². The van der Waals surface area contributed by atoms with Crippen molar-refractivity contribution in [2.24, 2.45) is 0 Å². The minimum Gasteiger partial charge on any atom is -0.493 e. The second kappa shape index (κ2) is 7.91. The molecule has 25 heavy (non-hydrogen) atoms. The maximum absolute atomic E-state index is 12.5. The highest BCUT2D eigenvalue weighted by Crippen LogP contribution is 2.37. The Balaban J connectivity index is 2.21. The molecule has 0 aliphatic rings. The highest BCUT2D eigenvalue weighted by atomic mass is 79.9. The molecular formula is C18H24BrN3O3. The molecule has 0 aliphatic heterocycles. The van der Waals surface area contributed by atoms with Crippen molar-refractivity contribution < 1.29 is 14.3 Å². The molecule has 7 heteroatoms. The number of aromatic amines is 1. The number of benzene rings is 1. The zero-order valence-electron chi connectivity index (χ0n) is 15.2. The summed E-state index contributed by atoms with van der Waals surface area (Å²) in [7, 11) is 1.55. The molecule has 2 aromatic rings. The van der Waals surface area contributed by atoms with Crippen molar-refractivity contribution in [3.63, 3.8) is 0 Å². The fraction of sp³-hybridized carbons (Fsp3) is 0.444. The monoisotopic (exact) mass is 409 g/mol. The van der Waals surface area contributed by atoms with Gasteiger partial charge in [0.1, 0.15) is 0 Å². The number of carbonyl (C=O) groups is 1. The number of hydrogen-bond acceptors (Lipinski definition) is 4. The van der Waals surface area contributed by atoms with Gasteiger partial charge in [0.05, 0.1) is 18.2 Å². The van der Waals surface area contributed by atoms with Crippen LogP contribution in [0.1, 0.15) is 50.2 Å². The van der Waals surface area contributed by atoms with Gasteiger partial charge < -0.3 is 14.8 Å². The predicted octanol–water partition coefficient (Wildman–Crippen LogP) is 4.52. The number of nitrogens with zero attached hydrogens (tertiary/aromatic N) is 1. The molecule has 2 rings (SSSR count). The molecule has 0 spiro atoms. The zero-order valence-corrected chi connectivity index (χ0v) is 16.8. The van der Waals surface area contributed by atoms with E-state index < -0.39 is 0 Å². The second-order valence-corrected chi connectivity index (χ2v) is 7.56. The first-order chi connectivity index (χ1) is 11.8. The number of aromatic nitrogens is 2. The van der Waals surface area contributed by atoms with Crippen LogP contribution in [0.25, 0.3) is 0 Å². The van der Waals surface area contributed by atoms with Crippen LogP contribution in [0.5, 0.6) is 11.5 Å². The molecule has 6 nitrogen and oxygen atoms in total. The van der Waals surface area contributed by atoms with Crippen LogP contribution >= 0.6 is 15.9 Å². The summed E-state index contributed by atoms with van der Waals surface area (Å²) in [4.78, 5) is 12.5. The SMILES string of the molecule is CCCOc1c(Br)cc(C(=O)Nc2cc(C(C)(C)C)[nH]n2)cc1OC. The number of carbonyl (C=O) groups excluding carboxylic acids is 1. The minimum atomic E-state index is -0.270. The number of amides is 1. The smallest absolute Gasteiger partial charge is 0.257 e. The topological polar surface area (TPSA) is 76.2 Å². The van der Waals surface area contributed by atoms with Gasteiger partial charge in [0, 0.05) is 22.7 Å². The Labute approximate surface area is 156 Å². The number of ether oxygens (including phenoxy) is 2. The quantitative estimate of drug-likeness (QED) is 0.734. The Kier molecular flexibility index (Phi) is 6.11. The summed E-state index contributed by atoms with van der Waals surface area (Å²) >= 11 is 3.45. The molecule has 1 aromatic carbocycles. The molecule has 0 saturated heterocycles. The fourth-order valence-corrected chi connectivity index (χ4v) is 2.71. The number of rotatable bonds is 6.